The van der Waals surface area contributed by atoms with E-state index in [0.717, 1.165) is 52.4 Å². The molecule has 0 spiro atoms. The lowest BCUT2D eigenvalue weighted by molar-refractivity contribution is -0.108. The predicted molar refractivity (Wildman–Crippen MR) is 129 cm³/mol. The molecule has 0 aliphatic heterocycles. The van der Waals surface area contributed by atoms with Gasteiger partial charge in [-0.1, -0.05) is 37.3 Å². The molecule has 0 radical (unpaired) electrons. The smallest absolute Gasteiger partial charge is 0.142 e. The zero-order valence-corrected chi connectivity index (χ0v) is 18.5. The van der Waals surface area contributed by atoms with Gasteiger partial charge >= 0.3 is 0 Å². The van der Waals surface area contributed by atoms with Crippen molar-refractivity contribution in [3.63, 3.8) is 0 Å². The molecule has 4 aromatic rings. The number of anilines is 1. The predicted octanol–water partition coefficient (Wildman–Crippen LogP) is 5.27. The molecule has 0 amide bonds. The zero-order valence-electron chi connectivity index (χ0n) is 18.5. The highest BCUT2D eigenvalue weighted by atomic mass is 16.5. The molecule has 0 saturated carbocycles. The summed E-state index contributed by atoms with van der Waals surface area (Å²) in [5, 5.41) is 17.7. The number of rotatable bonds is 10. The van der Waals surface area contributed by atoms with Gasteiger partial charge in [0.05, 0.1) is 30.6 Å². The Hall–Kier alpha value is -3.90. The number of nitrogens with one attached hydrogen (secondary N) is 1. The highest BCUT2D eigenvalue weighted by Gasteiger charge is 2.11. The standard InChI is InChI=1S/C27H27N3O3/c1-2-22(18-31)28-23-12-8-20(9-13-23)17-30-24(19-32)16-27(29-30)21-10-14-26(15-11-21)33-25-6-4-3-5-7-25/h3-16,18,22,28,32H,2,17,19H2,1H3. The molecular weight excluding hydrogens is 414 g/mol. The van der Waals surface area contributed by atoms with Gasteiger partial charge in [0.2, 0.25) is 0 Å². The molecule has 1 heterocycles. The van der Waals surface area contributed by atoms with Crippen LogP contribution in [-0.2, 0) is 17.9 Å². The van der Waals surface area contributed by atoms with E-state index in [0.29, 0.717) is 6.54 Å². The Morgan fingerprint density at radius 3 is 2.33 bits per heavy atom. The van der Waals surface area contributed by atoms with Crippen LogP contribution in [0, 0.1) is 0 Å². The van der Waals surface area contributed by atoms with Gasteiger partial charge in [0.25, 0.3) is 0 Å². The van der Waals surface area contributed by atoms with E-state index in [1.807, 2.05) is 96.5 Å². The maximum absolute atomic E-state index is 11.0. The molecule has 0 aliphatic carbocycles. The lowest BCUT2D eigenvalue weighted by Crippen LogP contribution is -2.19. The van der Waals surface area contributed by atoms with Gasteiger partial charge in [0.1, 0.15) is 17.8 Å². The number of para-hydroxylation sites is 1. The topological polar surface area (TPSA) is 76.4 Å². The van der Waals surface area contributed by atoms with Crippen LogP contribution in [0.1, 0.15) is 24.6 Å². The van der Waals surface area contributed by atoms with Crippen molar-refractivity contribution in [2.45, 2.75) is 32.5 Å². The number of hydrogen-bond donors (Lipinski definition) is 2. The number of aromatic nitrogens is 2. The van der Waals surface area contributed by atoms with Crippen LogP contribution in [-0.4, -0.2) is 27.2 Å². The first-order valence-electron chi connectivity index (χ1n) is 11.0. The number of aliphatic hydroxyl groups is 1. The summed E-state index contributed by atoms with van der Waals surface area (Å²) in [6, 6.07) is 27.0. The Labute approximate surface area is 193 Å². The number of aldehydes is 1. The molecule has 0 fully saturated rings. The number of ether oxygens (including phenoxy) is 1. The molecule has 1 aromatic heterocycles. The maximum atomic E-state index is 11.0. The summed E-state index contributed by atoms with van der Waals surface area (Å²) in [4.78, 5) is 11.0. The van der Waals surface area contributed by atoms with Crippen LogP contribution in [0.5, 0.6) is 11.5 Å². The minimum Gasteiger partial charge on any atom is -0.457 e. The summed E-state index contributed by atoms with van der Waals surface area (Å²) in [5.41, 5.74) is 4.43. The first-order valence-corrected chi connectivity index (χ1v) is 11.0. The minimum absolute atomic E-state index is 0.0979. The van der Waals surface area contributed by atoms with Crippen molar-refractivity contribution >= 4 is 12.0 Å². The van der Waals surface area contributed by atoms with Gasteiger partial charge < -0.3 is 20.0 Å². The molecule has 6 heteroatoms. The summed E-state index contributed by atoms with van der Waals surface area (Å²) in [6.07, 6.45) is 1.66. The number of benzene rings is 3. The second kappa shape index (κ2) is 10.6. The fourth-order valence-corrected chi connectivity index (χ4v) is 3.50. The molecule has 2 N–H and O–H groups in total. The summed E-state index contributed by atoms with van der Waals surface area (Å²) in [6.45, 7) is 2.41. The third kappa shape index (κ3) is 5.67. The Morgan fingerprint density at radius 2 is 1.70 bits per heavy atom. The van der Waals surface area contributed by atoms with E-state index < -0.39 is 0 Å². The highest BCUT2D eigenvalue weighted by Crippen LogP contribution is 2.26. The number of carbonyl (C=O) groups is 1. The van der Waals surface area contributed by atoms with Crippen LogP contribution in [0.3, 0.4) is 0 Å². The molecule has 0 aliphatic rings. The minimum atomic E-state index is -0.185. The van der Waals surface area contributed by atoms with Crippen molar-refractivity contribution < 1.29 is 14.6 Å². The van der Waals surface area contributed by atoms with Gasteiger partial charge in [0, 0.05) is 11.3 Å². The molecule has 4 rings (SSSR count). The average molecular weight is 442 g/mol. The van der Waals surface area contributed by atoms with Crippen molar-refractivity contribution in [2.24, 2.45) is 0 Å². The van der Waals surface area contributed by atoms with Crippen LogP contribution in [0.2, 0.25) is 0 Å². The number of hydrogen-bond acceptors (Lipinski definition) is 5. The second-order valence-corrected chi connectivity index (χ2v) is 7.77. The first kappa shape index (κ1) is 22.3. The zero-order chi connectivity index (χ0) is 23.0. The van der Waals surface area contributed by atoms with Crippen molar-refractivity contribution in [3.05, 3.63) is 96.2 Å². The molecule has 0 bridgehead atoms. The quantitative estimate of drug-likeness (QED) is 0.328. The first-order chi connectivity index (χ1) is 16.2. The van der Waals surface area contributed by atoms with E-state index in [-0.39, 0.29) is 12.6 Å². The van der Waals surface area contributed by atoms with E-state index in [9.17, 15) is 9.90 Å². The van der Waals surface area contributed by atoms with E-state index in [1.165, 1.54) is 0 Å². The fourth-order valence-electron chi connectivity index (χ4n) is 3.50. The van der Waals surface area contributed by atoms with Crippen molar-refractivity contribution in [1.29, 1.82) is 0 Å². The molecule has 1 unspecified atom stereocenters. The van der Waals surface area contributed by atoms with Gasteiger partial charge in [-0.3, -0.25) is 4.68 Å². The van der Waals surface area contributed by atoms with E-state index in [4.69, 9.17) is 9.84 Å². The van der Waals surface area contributed by atoms with Crippen LogP contribution >= 0.6 is 0 Å². The normalized spacial score (nSPS) is 11.7. The summed E-state index contributed by atoms with van der Waals surface area (Å²) < 4.78 is 7.67. The largest absolute Gasteiger partial charge is 0.457 e. The van der Waals surface area contributed by atoms with Crippen LogP contribution in [0.4, 0.5) is 5.69 Å². The van der Waals surface area contributed by atoms with Gasteiger partial charge in [-0.2, -0.15) is 5.10 Å². The van der Waals surface area contributed by atoms with Gasteiger partial charge in [-0.15, -0.1) is 0 Å². The van der Waals surface area contributed by atoms with E-state index in [1.54, 1.807) is 0 Å². The molecule has 1 atom stereocenters. The molecule has 0 saturated heterocycles. The molecule has 3 aromatic carbocycles. The lowest BCUT2D eigenvalue weighted by Gasteiger charge is -2.12. The van der Waals surface area contributed by atoms with Gasteiger partial charge in [0.15, 0.2) is 0 Å². The number of carbonyl (C=O) groups excluding carboxylic acids is 1. The Kier molecular flexibility index (Phi) is 7.17. The number of aliphatic hydroxyl groups excluding tert-OH is 1. The SMILES string of the molecule is CCC(C=O)Nc1ccc(Cn2nc(-c3ccc(Oc4ccccc4)cc3)cc2CO)cc1. The summed E-state index contributed by atoms with van der Waals surface area (Å²) in [7, 11) is 0. The fraction of sp³-hybridized carbons (Fsp3) is 0.185. The lowest BCUT2D eigenvalue weighted by atomic mass is 10.1. The van der Waals surface area contributed by atoms with Gasteiger partial charge in [-0.05, 0) is 66.6 Å². The van der Waals surface area contributed by atoms with Crippen molar-refractivity contribution in [3.8, 4) is 22.8 Å². The average Bonchev–Trinajstić information content (AvgIpc) is 3.27. The van der Waals surface area contributed by atoms with E-state index >= 15 is 0 Å². The summed E-state index contributed by atoms with van der Waals surface area (Å²) in [5.74, 6) is 1.54. The maximum Gasteiger partial charge on any atom is 0.142 e. The monoisotopic (exact) mass is 441 g/mol. The summed E-state index contributed by atoms with van der Waals surface area (Å²) >= 11 is 0. The van der Waals surface area contributed by atoms with Crippen LogP contribution in [0.15, 0.2) is 84.9 Å². The molecular formula is C27H27N3O3. The molecule has 168 valence electrons. The van der Waals surface area contributed by atoms with E-state index in [2.05, 4.69) is 5.32 Å². The van der Waals surface area contributed by atoms with Crippen LogP contribution < -0.4 is 10.1 Å². The Bertz CT molecular complexity index is 1170. The van der Waals surface area contributed by atoms with Crippen molar-refractivity contribution in [1.82, 2.24) is 9.78 Å². The Morgan fingerprint density at radius 1 is 1.00 bits per heavy atom. The van der Waals surface area contributed by atoms with Crippen molar-refractivity contribution in [2.75, 3.05) is 5.32 Å². The third-order valence-corrected chi connectivity index (χ3v) is 5.40. The molecule has 33 heavy (non-hydrogen) atoms. The highest BCUT2D eigenvalue weighted by molar-refractivity contribution is 5.64. The Balaban J connectivity index is 1.46. The molecule has 6 nitrogen and oxygen atoms in total. The third-order valence-electron chi connectivity index (χ3n) is 5.40. The van der Waals surface area contributed by atoms with Gasteiger partial charge in [-0.25, -0.2) is 0 Å². The van der Waals surface area contributed by atoms with Crippen LogP contribution in [0.25, 0.3) is 11.3 Å². The number of nitrogens with zero attached hydrogens (tertiary/aromatic N) is 2. The second-order valence-electron chi connectivity index (χ2n) is 7.77.